The fourth-order valence-corrected chi connectivity index (χ4v) is 6.03. The number of aryl methyl sites for hydroxylation is 1. The molecule has 1 amide bonds. The van der Waals surface area contributed by atoms with Crippen LogP contribution in [0.4, 0.5) is 8.78 Å². The second-order valence-electron chi connectivity index (χ2n) is 10.6. The van der Waals surface area contributed by atoms with Crippen molar-refractivity contribution in [3.05, 3.63) is 99.3 Å². The SMILES string of the molecule is CON(C)C(=O)c1ccc2c(c1)CCCC(c1cccc(F)c1Cl)=C2c1ccc(OC2CCN(CCCF)C2)cc1. The van der Waals surface area contributed by atoms with Gasteiger partial charge < -0.3 is 4.74 Å². The van der Waals surface area contributed by atoms with Crippen LogP contribution in [-0.2, 0) is 11.3 Å². The van der Waals surface area contributed by atoms with Crippen LogP contribution in [-0.4, -0.2) is 62.4 Å². The minimum Gasteiger partial charge on any atom is -0.489 e. The van der Waals surface area contributed by atoms with E-state index in [0.717, 1.165) is 72.5 Å². The van der Waals surface area contributed by atoms with E-state index in [1.54, 1.807) is 19.2 Å². The van der Waals surface area contributed by atoms with Gasteiger partial charge in [0.2, 0.25) is 0 Å². The Balaban J connectivity index is 1.52. The van der Waals surface area contributed by atoms with Gasteiger partial charge in [0.25, 0.3) is 5.91 Å². The van der Waals surface area contributed by atoms with E-state index in [1.165, 1.54) is 18.2 Å². The van der Waals surface area contributed by atoms with Crippen LogP contribution < -0.4 is 4.74 Å². The Bertz CT molecular complexity index is 1430. The summed E-state index contributed by atoms with van der Waals surface area (Å²) in [6, 6.07) is 18.6. The van der Waals surface area contributed by atoms with Crippen molar-refractivity contribution in [1.82, 2.24) is 9.96 Å². The molecule has 8 heteroatoms. The molecule has 1 atom stereocenters. The normalized spacial score (nSPS) is 17.3. The van der Waals surface area contributed by atoms with Crippen LogP contribution >= 0.6 is 11.6 Å². The molecule has 41 heavy (non-hydrogen) atoms. The van der Waals surface area contributed by atoms with E-state index in [-0.39, 0.29) is 23.7 Å². The van der Waals surface area contributed by atoms with Crippen LogP contribution in [0, 0.1) is 5.82 Å². The second-order valence-corrected chi connectivity index (χ2v) is 10.9. The van der Waals surface area contributed by atoms with Crippen molar-refractivity contribution in [2.24, 2.45) is 0 Å². The van der Waals surface area contributed by atoms with Gasteiger partial charge >= 0.3 is 0 Å². The zero-order valence-electron chi connectivity index (χ0n) is 23.5. The maximum Gasteiger partial charge on any atom is 0.277 e. The lowest BCUT2D eigenvalue weighted by molar-refractivity contribution is -0.0757. The quantitative estimate of drug-likeness (QED) is 0.251. The van der Waals surface area contributed by atoms with Gasteiger partial charge in [-0.3, -0.25) is 18.9 Å². The number of nitrogens with zero attached hydrogens (tertiary/aromatic N) is 2. The number of rotatable bonds is 9. The lowest BCUT2D eigenvalue weighted by Gasteiger charge is -2.20. The van der Waals surface area contributed by atoms with Crippen molar-refractivity contribution in [3.8, 4) is 5.75 Å². The average Bonchev–Trinajstić information content (AvgIpc) is 3.35. The van der Waals surface area contributed by atoms with E-state index in [9.17, 15) is 13.6 Å². The molecule has 1 saturated heterocycles. The molecule has 0 saturated carbocycles. The number of carbonyl (C=O) groups is 1. The number of ether oxygens (including phenoxy) is 1. The summed E-state index contributed by atoms with van der Waals surface area (Å²) in [5, 5.41) is 1.31. The van der Waals surface area contributed by atoms with E-state index in [0.29, 0.717) is 24.0 Å². The highest BCUT2D eigenvalue weighted by Gasteiger charge is 2.26. The number of allylic oxidation sites excluding steroid dienone is 1. The molecule has 0 aromatic heterocycles. The molecule has 5 nitrogen and oxygen atoms in total. The van der Waals surface area contributed by atoms with Crippen LogP contribution in [0.2, 0.25) is 5.02 Å². The third-order valence-electron chi connectivity index (χ3n) is 7.92. The zero-order chi connectivity index (χ0) is 28.9. The van der Waals surface area contributed by atoms with E-state index in [4.69, 9.17) is 21.2 Å². The molecule has 0 spiro atoms. The number of alkyl halides is 1. The highest BCUT2D eigenvalue weighted by molar-refractivity contribution is 6.33. The van der Waals surface area contributed by atoms with Gasteiger partial charge in [0.05, 0.1) is 18.8 Å². The number of fused-ring (bicyclic) bond motifs is 1. The van der Waals surface area contributed by atoms with Crippen LogP contribution in [0.5, 0.6) is 5.75 Å². The lowest BCUT2D eigenvalue weighted by atomic mass is 9.87. The topological polar surface area (TPSA) is 42.0 Å². The number of halogens is 3. The van der Waals surface area contributed by atoms with E-state index in [2.05, 4.69) is 4.90 Å². The van der Waals surface area contributed by atoms with Crippen molar-refractivity contribution in [3.63, 3.8) is 0 Å². The average molecular weight is 581 g/mol. The lowest BCUT2D eigenvalue weighted by Crippen LogP contribution is -2.26. The fourth-order valence-electron chi connectivity index (χ4n) is 5.79. The Hall–Kier alpha value is -3.26. The van der Waals surface area contributed by atoms with Crippen molar-refractivity contribution in [1.29, 1.82) is 0 Å². The zero-order valence-corrected chi connectivity index (χ0v) is 24.2. The summed E-state index contributed by atoms with van der Waals surface area (Å²) in [4.78, 5) is 20.2. The third kappa shape index (κ3) is 6.48. The molecule has 1 aliphatic heterocycles. The van der Waals surface area contributed by atoms with Gasteiger partial charge in [-0.2, -0.15) is 0 Å². The maximum absolute atomic E-state index is 14.6. The first-order valence-electron chi connectivity index (χ1n) is 14.1. The molecular weight excluding hydrogens is 546 g/mol. The summed E-state index contributed by atoms with van der Waals surface area (Å²) in [7, 11) is 3.04. The summed E-state index contributed by atoms with van der Waals surface area (Å²) in [5.74, 6) is 0.0921. The molecule has 1 fully saturated rings. The predicted molar refractivity (Wildman–Crippen MR) is 158 cm³/mol. The van der Waals surface area contributed by atoms with Crippen LogP contribution in [0.25, 0.3) is 11.1 Å². The molecule has 1 heterocycles. The fraction of sp³-hybridized carbons (Fsp3) is 0.364. The van der Waals surface area contributed by atoms with Crippen molar-refractivity contribution < 1.29 is 23.1 Å². The largest absolute Gasteiger partial charge is 0.489 e. The molecule has 2 aliphatic rings. The minimum atomic E-state index is -0.454. The minimum absolute atomic E-state index is 0.0705. The first-order chi connectivity index (χ1) is 19.9. The molecule has 0 bridgehead atoms. The summed E-state index contributed by atoms with van der Waals surface area (Å²) in [6.07, 6.45) is 3.81. The van der Waals surface area contributed by atoms with Crippen LogP contribution in [0.1, 0.15) is 58.3 Å². The summed E-state index contributed by atoms with van der Waals surface area (Å²) < 4.78 is 33.4. The van der Waals surface area contributed by atoms with Gasteiger partial charge in [-0.15, -0.1) is 0 Å². The Kier molecular flexibility index (Phi) is 9.38. The number of amides is 1. The molecule has 0 radical (unpaired) electrons. The molecule has 1 unspecified atom stereocenters. The van der Waals surface area contributed by atoms with Crippen molar-refractivity contribution in [2.45, 2.75) is 38.2 Å². The number of hydroxylamine groups is 2. The summed E-state index contributed by atoms with van der Waals surface area (Å²) in [5.41, 5.74) is 6.14. The molecule has 3 aromatic carbocycles. The highest BCUT2D eigenvalue weighted by Crippen LogP contribution is 2.42. The highest BCUT2D eigenvalue weighted by atomic mass is 35.5. The van der Waals surface area contributed by atoms with Gasteiger partial charge in [-0.05, 0) is 95.8 Å². The van der Waals surface area contributed by atoms with Crippen molar-refractivity contribution in [2.75, 3.05) is 40.5 Å². The molecule has 216 valence electrons. The predicted octanol–water partition coefficient (Wildman–Crippen LogP) is 7.22. The Morgan fingerprint density at radius 3 is 2.66 bits per heavy atom. The number of likely N-dealkylation sites (tertiary alicyclic amines) is 1. The van der Waals surface area contributed by atoms with Gasteiger partial charge in [0.15, 0.2) is 0 Å². The summed E-state index contributed by atoms with van der Waals surface area (Å²) in [6.45, 7) is 2.16. The van der Waals surface area contributed by atoms with E-state index >= 15 is 0 Å². The van der Waals surface area contributed by atoms with E-state index in [1.807, 2.05) is 42.5 Å². The van der Waals surface area contributed by atoms with Crippen LogP contribution in [0.15, 0.2) is 60.7 Å². The molecule has 3 aromatic rings. The smallest absolute Gasteiger partial charge is 0.277 e. The first-order valence-corrected chi connectivity index (χ1v) is 14.5. The number of carbonyl (C=O) groups excluding carboxylic acids is 1. The number of hydrogen-bond donors (Lipinski definition) is 0. The Morgan fingerprint density at radius 2 is 1.90 bits per heavy atom. The van der Waals surface area contributed by atoms with Gasteiger partial charge in [0, 0.05) is 32.2 Å². The third-order valence-corrected chi connectivity index (χ3v) is 8.30. The molecule has 1 aliphatic carbocycles. The van der Waals surface area contributed by atoms with Gasteiger partial charge in [-0.25, -0.2) is 9.45 Å². The molecular formula is C33H35ClF2N2O3. The van der Waals surface area contributed by atoms with E-state index < -0.39 is 5.82 Å². The standard InChI is InChI=1S/C33H35ClF2N2O3/c1-37(40-2)33(39)24-12-15-27-23(20-24)6-3-7-28(29-8-4-9-30(36)32(29)34)31(27)22-10-13-25(14-11-22)41-26-16-19-38(21-26)18-5-17-35/h4,8-15,20,26H,3,5-7,16-19,21H2,1-2H3. The molecule has 0 N–H and O–H groups in total. The Labute approximate surface area is 245 Å². The van der Waals surface area contributed by atoms with Crippen LogP contribution in [0.3, 0.4) is 0 Å². The first kappa shape index (κ1) is 29.2. The van der Waals surface area contributed by atoms with Gasteiger partial charge in [0.1, 0.15) is 17.7 Å². The second kappa shape index (κ2) is 13.1. The maximum atomic E-state index is 14.6. The van der Waals surface area contributed by atoms with Gasteiger partial charge in [-0.1, -0.05) is 41.9 Å². The Morgan fingerprint density at radius 1 is 1.10 bits per heavy atom. The summed E-state index contributed by atoms with van der Waals surface area (Å²) >= 11 is 6.52. The molecule has 5 rings (SSSR count). The van der Waals surface area contributed by atoms with Crippen molar-refractivity contribution >= 4 is 28.7 Å². The monoisotopic (exact) mass is 580 g/mol. The number of hydrogen-bond acceptors (Lipinski definition) is 4. The number of benzene rings is 3.